The Kier molecular flexibility index (Phi) is 2.90. The minimum atomic E-state index is 0.280. The topological polar surface area (TPSA) is 66.0 Å². The van der Waals surface area contributed by atoms with Gasteiger partial charge in [-0.25, -0.2) is 4.98 Å². The van der Waals surface area contributed by atoms with E-state index in [4.69, 9.17) is 11.1 Å². The van der Waals surface area contributed by atoms with Gasteiger partial charge in [-0.3, -0.25) is 5.41 Å². The molecule has 1 fully saturated rings. The second-order valence-corrected chi connectivity index (χ2v) is 4.82. The highest BCUT2D eigenvalue weighted by Crippen LogP contribution is 2.25. The van der Waals surface area contributed by atoms with E-state index in [0.717, 1.165) is 36.8 Å². The quantitative estimate of drug-likeness (QED) is 0.592. The van der Waals surface area contributed by atoms with Crippen molar-refractivity contribution in [3.05, 3.63) is 11.1 Å². The Labute approximate surface area is 93.6 Å². The van der Waals surface area contributed by atoms with Gasteiger partial charge >= 0.3 is 0 Å². The molecule has 0 radical (unpaired) electrons. The predicted octanol–water partition coefficient (Wildman–Crippen LogP) is 1.60. The minimum absolute atomic E-state index is 0.280. The summed E-state index contributed by atoms with van der Waals surface area (Å²) < 4.78 is 0. The maximum atomic E-state index is 7.41. The summed E-state index contributed by atoms with van der Waals surface area (Å²) in [6.07, 6.45) is 1.96. The molecule has 4 nitrogen and oxygen atoms in total. The smallest absolute Gasteiger partial charge is 0.185 e. The van der Waals surface area contributed by atoms with E-state index in [2.05, 4.69) is 15.3 Å². The van der Waals surface area contributed by atoms with E-state index in [1.807, 2.05) is 6.92 Å². The molecule has 2 rings (SSSR count). The molecule has 3 N–H and O–H groups in total. The molecule has 0 aromatic carbocycles. The van der Waals surface area contributed by atoms with Crippen LogP contribution in [-0.2, 0) is 0 Å². The van der Waals surface area contributed by atoms with Crippen molar-refractivity contribution in [1.82, 2.24) is 4.98 Å². The molecule has 0 bridgehead atoms. The maximum absolute atomic E-state index is 7.41. The number of nitrogens with zero attached hydrogens (tertiary/aromatic N) is 2. The largest absolute Gasteiger partial charge is 0.387 e. The Bertz CT molecular complexity index is 352. The molecule has 0 amide bonds. The number of aromatic nitrogens is 1. The Morgan fingerprint density at radius 1 is 1.60 bits per heavy atom. The molecule has 5 heteroatoms. The van der Waals surface area contributed by atoms with Gasteiger partial charge in [0.25, 0.3) is 0 Å². The van der Waals surface area contributed by atoms with Crippen LogP contribution in [0, 0.1) is 18.3 Å². The molecule has 0 saturated carbocycles. The zero-order chi connectivity index (χ0) is 10.8. The van der Waals surface area contributed by atoms with Gasteiger partial charge in [0.1, 0.15) is 0 Å². The van der Waals surface area contributed by atoms with Gasteiger partial charge in [-0.15, -0.1) is 11.3 Å². The fraction of sp³-hybridized carbons (Fsp3) is 0.600. The Morgan fingerprint density at radius 2 is 2.27 bits per heavy atom. The highest BCUT2D eigenvalue weighted by molar-refractivity contribution is 7.13. The van der Waals surface area contributed by atoms with Crippen LogP contribution in [0.25, 0.3) is 0 Å². The van der Waals surface area contributed by atoms with Crippen molar-refractivity contribution < 1.29 is 0 Å². The van der Waals surface area contributed by atoms with Crippen molar-refractivity contribution >= 4 is 22.3 Å². The van der Waals surface area contributed by atoms with E-state index in [9.17, 15) is 0 Å². The molecule has 2 heterocycles. The van der Waals surface area contributed by atoms with Crippen LogP contribution in [-0.4, -0.2) is 23.9 Å². The number of nitrogens with one attached hydrogen (secondary N) is 1. The van der Waals surface area contributed by atoms with Crippen LogP contribution in [0.5, 0.6) is 0 Å². The van der Waals surface area contributed by atoms with Crippen molar-refractivity contribution in [2.45, 2.75) is 19.8 Å². The fourth-order valence-corrected chi connectivity index (χ4v) is 2.73. The summed E-state index contributed by atoms with van der Waals surface area (Å²) in [4.78, 5) is 6.75. The lowest BCUT2D eigenvalue weighted by molar-refractivity contribution is 0.497. The van der Waals surface area contributed by atoms with Crippen molar-refractivity contribution in [2.24, 2.45) is 11.7 Å². The van der Waals surface area contributed by atoms with E-state index in [-0.39, 0.29) is 5.92 Å². The Balaban J connectivity index is 1.96. The molecule has 0 unspecified atom stereocenters. The third-order valence-electron chi connectivity index (χ3n) is 2.81. The molecular formula is C10H16N4S. The highest BCUT2D eigenvalue weighted by atomic mass is 32.1. The number of aryl methyl sites for hydroxylation is 1. The summed E-state index contributed by atoms with van der Waals surface area (Å²) in [6.45, 7) is 3.96. The highest BCUT2D eigenvalue weighted by Gasteiger charge is 2.22. The third-order valence-corrected chi connectivity index (χ3v) is 3.83. The second kappa shape index (κ2) is 4.18. The van der Waals surface area contributed by atoms with Gasteiger partial charge in [-0.2, -0.15) is 0 Å². The molecule has 82 valence electrons. The van der Waals surface area contributed by atoms with E-state index in [1.54, 1.807) is 11.3 Å². The van der Waals surface area contributed by atoms with Crippen LogP contribution >= 0.6 is 11.3 Å². The number of thiazole rings is 1. The van der Waals surface area contributed by atoms with Crippen LogP contribution < -0.4 is 10.6 Å². The molecule has 1 aliphatic rings. The van der Waals surface area contributed by atoms with E-state index < -0.39 is 0 Å². The van der Waals surface area contributed by atoms with Crippen LogP contribution in [0.4, 0.5) is 5.13 Å². The first kappa shape index (κ1) is 10.4. The Morgan fingerprint density at radius 3 is 2.73 bits per heavy atom. The first-order chi connectivity index (χ1) is 7.16. The number of anilines is 1. The van der Waals surface area contributed by atoms with Crippen molar-refractivity contribution in [2.75, 3.05) is 18.0 Å². The zero-order valence-electron chi connectivity index (χ0n) is 8.86. The SMILES string of the molecule is Cc1csc(N2CCC(C(=N)N)CC2)n1. The van der Waals surface area contributed by atoms with Gasteiger partial charge in [0.2, 0.25) is 0 Å². The standard InChI is InChI=1S/C10H16N4S/c1-7-6-15-10(13-7)14-4-2-8(3-5-14)9(11)12/h6,8H,2-5H2,1H3,(H3,11,12). The lowest BCUT2D eigenvalue weighted by Gasteiger charge is -2.31. The number of nitrogens with two attached hydrogens (primary N) is 1. The summed E-state index contributed by atoms with van der Waals surface area (Å²) in [6, 6.07) is 0. The van der Waals surface area contributed by atoms with Gasteiger partial charge in [-0.05, 0) is 19.8 Å². The monoisotopic (exact) mass is 224 g/mol. The molecular weight excluding hydrogens is 208 g/mol. The van der Waals surface area contributed by atoms with Crippen LogP contribution in [0.2, 0.25) is 0 Å². The van der Waals surface area contributed by atoms with Gasteiger partial charge in [0, 0.05) is 24.4 Å². The van der Waals surface area contributed by atoms with Gasteiger partial charge in [0.15, 0.2) is 5.13 Å². The molecule has 1 saturated heterocycles. The number of hydrogen-bond acceptors (Lipinski definition) is 4. The number of rotatable bonds is 2. The molecule has 1 aromatic rings. The molecule has 0 aliphatic carbocycles. The van der Waals surface area contributed by atoms with Crippen molar-refractivity contribution in [1.29, 1.82) is 5.41 Å². The lowest BCUT2D eigenvalue weighted by Crippen LogP contribution is -2.38. The second-order valence-electron chi connectivity index (χ2n) is 3.99. The number of piperidine rings is 1. The maximum Gasteiger partial charge on any atom is 0.185 e. The average Bonchev–Trinajstić information content (AvgIpc) is 2.65. The first-order valence-corrected chi connectivity index (χ1v) is 6.06. The molecule has 1 aliphatic heterocycles. The van der Waals surface area contributed by atoms with Crippen LogP contribution in [0.15, 0.2) is 5.38 Å². The fourth-order valence-electron chi connectivity index (χ4n) is 1.87. The minimum Gasteiger partial charge on any atom is -0.387 e. The zero-order valence-corrected chi connectivity index (χ0v) is 9.68. The van der Waals surface area contributed by atoms with E-state index >= 15 is 0 Å². The van der Waals surface area contributed by atoms with E-state index in [1.165, 1.54) is 0 Å². The summed E-state index contributed by atoms with van der Waals surface area (Å²) in [5, 5.41) is 10.6. The van der Waals surface area contributed by atoms with Crippen molar-refractivity contribution in [3.63, 3.8) is 0 Å². The van der Waals surface area contributed by atoms with Crippen LogP contribution in [0.1, 0.15) is 18.5 Å². The summed E-state index contributed by atoms with van der Waals surface area (Å²) in [7, 11) is 0. The van der Waals surface area contributed by atoms with E-state index in [0.29, 0.717) is 5.84 Å². The first-order valence-electron chi connectivity index (χ1n) is 5.18. The molecule has 1 aromatic heterocycles. The van der Waals surface area contributed by atoms with Gasteiger partial charge < -0.3 is 10.6 Å². The lowest BCUT2D eigenvalue weighted by atomic mass is 9.96. The van der Waals surface area contributed by atoms with Gasteiger partial charge in [0.05, 0.1) is 11.5 Å². The number of amidine groups is 1. The van der Waals surface area contributed by atoms with Crippen LogP contribution in [0.3, 0.4) is 0 Å². The summed E-state index contributed by atoms with van der Waals surface area (Å²) in [5.41, 5.74) is 6.59. The average molecular weight is 224 g/mol. The summed E-state index contributed by atoms with van der Waals surface area (Å²) in [5.74, 6) is 0.618. The van der Waals surface area contributed by atoms with Gasteiger partial charge in [-0.1, -0.05) is 0 Å². The number of hydrogen-bond donors (Lipinski definition) is 2. The third kappa shape index (κ3) is 2.28. The predicted molar refractivity (Wildman–Crippen MR) is 63.7 cm³/mol. The normalized spacial score (nSPS) is 18.1. The molecule has 0 spiro atoms. The molecule has 0 atom stereocenters. The van der Waals surface area contributed by atoms with Crippen molar-refractivity contribution in [3.8, 4) is 0 Å². The summed E-state index contributed by atoms with van der Waals surface area (Å²) >= 11 is 1.70. The molecule has 15 heavy (non-hydrogen) atoms. The Hall–Kier alpha value is -1.10.